The number of carboxylic acids is 1. The van der Waals surface area contributed by atoms with Crippen LogP contribution in [0.4, 0.5) is 0 Å². The minimum atomic E-state index is -0.906. The molecular formula is C14H22N2O4. The lowest BCUT2D eigenvalue weighted by molar-refractivity contribution is -0.137. The summed E-state index contributed by atoms with van der Waals surface area (Å²) in [6.45, 7) is 7.98. The summed E-state index contributed by atoms with van der Waals surface area (Å²) < 4.78 is 1.71. The van der Waals surface area contributed by atoms with Crippen molar-refractivity contribution in [2.24, 2.45) is 0 Å². The summed E-state index contributed by atoms with van der Waals surface area (Å²) in [6, 6.07) is 1.34. The number of pyridine rings is 1. The van der Waals surface area contributed by atoms with Crippen LogP contribution in [0.2, 0.25) is 0 Å². The number of carbonyl (C=O) groups is 1. The third kappa shape index (κ3) is 3.84. The van der Waals surface area contributed by atoms with E-state index in [4.69, 9.17) is 5.11 Å². The van der Waals surface area contributed by atoms with E-state index in [9.17, 15) is 14.7 Å². The Balaban J connectivity index is 3.22. The van der Waals surface area contributed by atoms with Crippen LogP contribution in [0.3, 0.4) is 0 Å². The molecule has 0 unspecified atom stereocenters. The van der Waals surface area contributed by atoms with Crippen LogP contribution in [-0.2, 0) is 17.9 Å². The Bertz CT molecular complexity index is 533. The number of aliphatic carboxylic acids is 1. The van der Waals surface area contributed by atoms with Gasteiger partial charge in [-0.25, -0.2) is 0 Å². The fourth-order valence-electron chi connectivity index (χ4n) is 2.16. The van der Waals surface area contributed by atoms with E-state index >= 15 is 0 Å². The second kappa shape index (κ2) is 7.09. The number of aromatic nitrogens is 1. The zero-order chi connectivity index (χ0) is 15.3. The molecule has 0 aliphatic rings. The highest BCUT2D eigenvalue weighted by Crippen LogP contribution is 2.17. The molecule has 112 valence electrons. The summed E-state index contributed by atoms with van der Waals surface area (Å²) in [6.07, 6.45) is -0.0472. The molecule has 0 saturated carbocycles. The lowest BCUT2D eigenvalue weighted by atomic mass is 10.2. The Labute approximate surface area is 118 Å². The number of nitrogens with zero attached hydrogens (tertiary/aromatic N) is 2. The summed E-state index contributed by atoms with van der Waals surface area (Å²) in [5, 5.41) is 18.8. The highest BCUT2D eigenvalue weighted by atomic mass is 16.4. The molecule has 0 aliphatic heterocycles. The quantitative estimate of drug-likeness (QED) is 0.784. The van der Waals surface area contributed by atoms with Gasteiger partial charge < -0.3 is 14.8 Å². The van der Waals surface area contributed by atoms with Crippen molar-refractivity contribution in [1.82, 2.24) is 9.47 Å². The SMILES string of the molecule is CCN(CC)Cc1c(O)c(=O)cc(C)n1CCC(=O)O. The predicted molar refractivity (Wildman–Crippen MR) is 76.0 cm³/mol. The molecule has 0 aromatic carbocycles. The Morgan fingerprint density at radius 3 is 2.45 bits per heavy atom. The summed E-state index contributed by atoms with van der Waals surface area (Å²) >= 11 is 0. The molecule has 0 aliphatic carbocycles. The van der Waals surface area contributed by atoms with Gasteiger partial charge in [0.2, 0.25) is 5.43 Å². The molecule has 0 spiro atoms. The Kier molecular flexibility index (Phi) is 5.76. The van der Waals surface area contributed by atoms with E-state index < -0.39 is 11.4 Å². The number of carboxylic acid groups (broad SMARTS) is 1. The topological polar surface area (TPSA) is 82.8 Å². The molecule has 6 heteroatoms. The molecule has 0 fully saturated rings. The number of aromatic hydroxyl groups is 1. The molecule has 2 N–H and O–H groups in total. The maximum Gasteiger partial charge on any atom is 0.305 e. The van der Waals surface area contributed by atoms with Gasteiger partial charge in [0.25, 0.3) is 0 Å². The minimum Gasteiger partial charge on any atom is -0.503 e. The van der Waals surface area contributed by atoms with Crippen LogP contribution in [0.25, 0.3) is 0 Å². The molecule has 0 atom stereocenters. The van der Waals surface area contributed by atoms with Crippen molar-refractivity contribution in [3.05, 3.63) is 27.7 Å². The van der Waals surface area contributed by atoms with Crippen LogP contribution in [0.5, 0.6) is 5.75 Å². The van der Waals surface area contributed by atoms with Crippen molar-refractivity contribution in [3.63, 3.8) is 0 Å². The van der Waals surface area contributed by atoms with E-state index in [2.05, 4.69) is 4.90 Å². The zero-order valence-corrected chi connectivity index (χ0v) is 12.2. The number of hydrogen-bond acceptors (Lipinski definition) is 4. The third-order valence-electron chi connectivity index (χ3n) is 3.42. The van der Waals surface area contributed by atoms with Crippen molar-refractivity contribution in [2.45, 2.75) is 40.3 Å². The van der Waals surface area contributed by atoms with E-state index in [-0.39, 0.29) is 18.7 Å². The summed E-state index contributed by atoms with van der Waals surface area (Å²) in [5.74, 6) is -1.19. The maximum atomic E-state index is 11.7. The van der Waals surface area contributed by atoms with E-state index in [1.54, 1.807) is 11.5 Å². The van der Waals surface area contributed by atoms with Gasteiger partial charge in [-0.3, -0.25) is 14.5 Å². The first-order chi connectivity index (χ1) is 9.40. The van der Waals surface area contributed by atoms with Crippen molar-refractivity contribution in [3.8, 4) is 5.75 Å². The lowest BCUT2D eigenvalue weighted by Crippen LogP contribution is -2.27. The van der Waals surface area contributed by atoms with E-state index in [1.807, 2.05) is 13.8 Å². The number of rotatable bonds is 7. The minimum absolute atomic E-state index is 0.0472. The van der Waals surface area contributed by atoms with Crippen molar-refractivity contribution < 1.29 is 15.0 Å². The second-order valence-corrected chi connectivity index (χ2v) is 4.70. The molecule has 1 aromatic rings. The third-order valence-corrected chi connectivity index (χ3v) is 3.42. The second-order valence-electron chi connectivity index (χ2n) is 4.70. The van der Waals surface area contributed by atoms with Gasteiger partial charge in [0.15, 0.2) is 5.75 Å². The van der Waals surface area contributed by atoms with Crippen LogP contribution in [0.15, 0.2) is 10.9 Å². The van der Waals surface area contributed by atoms with Gasteiger partial charge >= 0.3 is 5.97 Å². The van der Waals surface area contributed by atoms with Crippen molar-refractivity contribution in [1.29, 1.82) is 0 Å². The Hall–Kier alpha value is -1.82. The summed E-state index contributed by atoms with van der Waals surface area (Å²) in [7, 11) is 0. The largest absolute Gasteiger partial charge is 0.503 e. The van der Waals surface area contributed by atoms with E-state index in [0.717, 1.165) is 13.1 Å². The molecule has 0 radical (unpaired) electrons. The Morgan fingerprint density at radius 1 is 1.35 bits per heavy atom. The van der Waals surface area contributed by atoms with Gasteiger partial charge in [-0.1, -0.05) is 13.8 Å². The predicted octanol–water partition coefficient (Wildman–Crippen LogP) is 1.18. The number of aryl methyl sites for hydroxylation is 1. The standard InChI is InChI=1S/C14H22N2O4/c1-4-15(5-2)9-11-14(20)12(17)8-10(3)16(11)7-6-13(18)19/h8,20H,4-7,9H2,1-3H3,(H,18,19). The van der Waals surface area contributed by atoms with Crippen LogP contribution in [-0.4, -0.2) is 38.7 Å². The van der Waals surface area contributed by atoms with Gasteiger partial charge in [-0.2, -0.15) is 0 Å². The van der Waals surface area contributed by atoms with Crippen molar-refractivity contribution in [2.75, 3.05) is 13.1 Å². The summed E-state index contributed by atoms with van der Waals surface area (Å²) in [5.41, 5.74) is 0.729. The zero-order valence-electron chi connectivity index (χ0n) is 12.2. The maximum absolute atomic E-state index is 11.7. The van der Waals surface area contributed by atoms with Gasteiger partial charge in [0.1, 0.15) is 0 Å². The normalized spacial score (nSPS) is 11.0. The molecular weight excluding hydrogens is 260 g/mol. The Morgan fingerprint density at radius 2 is 1.95 bits per heavy atom. The lowest BCUT2D eigenvalue weighted by Gasteiger charge is -2.23. The number of hydrogen-bond donors (Lipinski definition) is 2. The fourth-order valence-corrected chi connectivity index (χ4v) is 2.16. The van der Waals surface area contributed by atoms with Crippen LogP contribution in [0, 0.1) is 6.92 Å². The molecule has 6 nitrogen and oxygen atoms in total. The fraction of sp³-hybridized carbons (Fsp3) is 0.571. The smallest absolute Gasteiger partial charge is 0.305 e. The van der Waals surface area contributed by atoms with Crippen LogP contribution < -0.4 is 5.43 Å². The molecule has 20 heavy (non-hydrogen) atoms. The average Bonchev–Trinajstić information content (AvgIpc) is 2.40. The molecule has 1 aromatic heterocycles. The molecule has 1 heterocycles. The van der Waals surface area contributed by atoms with E-state index in [0.29, 0.717) is 17.9 Å². The first-order valence-corrected chi connectivity index (χ1v) is 6.77. The van der Waals surface area contributed by atoms with Crippen LogP contribution >= 0.6 is 0 Å². The van der Waals surface area contributed by atoms with E-state index in [1.165, 1.54) is 6.07 Å². The average molecular weight is 282 g/mol. The molecule has 1 rings (SSSR count). The molecule has 0 amide bonds. The molecule has 0 bridgehead atoms. The van der Waals surface area contributed by atoms with Gasteiger partial charge in [0, 0.05) is 24.8 Å². The first-order valence-electron chi connectivity index (χ1n) is 6.77. The molecule has 0 saturated heterocycles. The highest BCUT2D eigenvalue weighted by molar-refractivity contribution is 5.66. The monoisotopic (exact) mass is 282 g/mol. The first kappa shape index (κ1) is 16.2. The highest BCUT2D eigenvalue weighted by Gasteiger charge is 2.15. The van der Waals surface area contributed by atoms with Gasteiger partial charge in [-0.15, -0.1) is 0 Å². The summed E-state index contributed by atoms with van der Waals surface area (Å²) in [4.78, 5) is 24.5. The van der Waals surface area contributed by atoms with Crippen LogP contribution in [0.1, 0.15) is 31.7 Å². The van der Waals surface area contributed by atoms with Gasteiger partial charge in [0.05, 0.1) is 12.1 Å². The van der Waals surface area contributed by atoms with Crippen molar-refractivity contribution >= 4 is 5.97 Å². The van der Waals surface area contributed by atoms with Gasteiger partial charge in [-0.05, 0) is 20.0 Å².